The van der Waals surface area contributed by atoms with E-state index >= 15 is 0 Å². The molecule has 0 aromatic rings. The number of rotatable bonds is 6. The zero-order valence-electron chi connectivity index (χ0n) is 13.3. The monoisotopic (exact) mass is 269 g/mol. The highest BCUT2D eigenvalue weighted by Crippen LogP contribution is 2.35. The molecule has 0 aromatic carbocycles. The molecule has 1 saturated carbocycles. The second-order valence-corrected chi connectivity index (χ2v) is 6.32. The zero-order chi connectivity index (χ0) is 14.4. The number of esters is 1. The summed E-state index contributed by atoms with van der Waals surface area (Å²) in [5, 5.41) is 0. The van der Waals surface area contributed by atoms with Crippen molar-refractivity contribution < 1.29 is 9.53 Å². The average molecular weight is 269 g/mol. The first kappa shape index (κ1) is 16.5. The van der Waals surface area contributed by atoms with Crippen LogP contribution in [0.5, 0.6) is 0 Å². The van der Waals surface area contributed by atoms with Crippen LogP contribution < -0.4 is 0 Å². The van der Waals surface area contributed by atoms with Crippen LogP contribution in [0.3, 0.4) is 0 Å². The number of hydrogen-bond donors (Lipinski definition) is 0. The lowest BCUT2D eigenvalue weighted by Gasteiger charge is -2.37. The summed E-state index contributed by atoms with van der Waals surface area (Å²) < 4.78 is 5.79. The van der Waals surface area contributed by atoms with E-state index in [1.807, 2.05) is 0 Å². The topological polar surface area (TPSA) is 29.5 Å². The van der Waals surface area contributed by atoms with E-state index in [1.165, 1.54) is 12.8 Å². The third-order valence-corrected chi connectivity index (χ3v) is 4.49. The summed E-state index contributed by atoms with van der Waals surface area (Å²) in [6, 6.07) is 0. The van der Waals surface area contributed by atoms with Gasteiger partial charge in [0.1, 0.15) is 6.10 Å². The average Bonchev–Trinajstić information content (AvgIpc) is 2.35. The molecule has 3 atom stereocenters. The van der Waals surface area contributed by atoms with Gasteiger partial charge in [-0.15, -0.1) is 0 Å². The van der Waals surface area contributed by atoms with Crippen LogP contribution >= 0.6 is 0 Å². The Bertz CT molecular complexity index is 274. The summed E-state index contributed by atoms with van der Waals surface area (Å²) in [4.78, 5) is 14.2. The Kier molecular flexibility index (Phi) is 6.84. The zero-order valence-corrected chi connectivity index (χ0v) is 13.3. The van der Waals surface area contributed by atoms with Gasteiger partial charge in [0.2, 0.25) is 0 Å². The van der Waals surface area contributed by atoms with Crippen molar-refractivity contribution in [3.8, 4) is 0 Å². The lowest BCUT2D eigenvalue weighted by atomic mass is 9.75. The summed E-state index contributed by atoms with van der Waals surface area (Å²) in [6.45, 7) is 13.1. The van der Waals surface area contributed by atoms with Crippen LogP contribution in [-0.2, 0) is 9.53 Å². The molecule has 0 bridgehead atoms. The van der Waals surface area contributed by atoms with Gasteiger partial charge in [0.05, 0.1) is 6.54 Å². The molecule has 112 valence electrons. The van der Waals surface area contributed by atoms with Crippen LogP contribution in [0.15, 0.2) is 0 Å². The highest BCUT2D eigenvalue weighted by molar-refractivity contribution is 5.71. The molecule has 0 unspecified atom stereocenters. The standard InChI is InChI=1S/C16H31NO2/c1-6-17(7-2)11-16(18)19-15-10-13(5)8-9-14(15)12(3)4/h12-15H,6-11H2,1-5H3/t13-,14+,15+/m0/s1. The number of nitrogens with zero attached hydrogens (tertiary/aromatic N) is 1. The van der Waals surface area contributed by atoms with E-state index in [0.717, 1.165) is 19.5 Å². The van der Waals surface area contributed by atoms with E-state index in [1.54, 1.807) is 0 Å². The number of likely N-dealkylation sites (N-methyl/N-ethyl adjacent to an activating group) is 1. The molecule has 1 aliphatic carbocycles. The molecule has 0 radical (unpaired) electrons. The van der Waals surface area contributed by atoms with Gasteiger partial charge < -0.3 is 4.74 Å². The van der Waals surface area contributed by atoms with Crippen molar-refractivity contribution in [1.29, 1.82) is 0 Å². The molecule has 0 N–H and O–H groups in total. The second-order valence-electron chi connectivity index (χ2n) is 6.32. The molecule has 19 heavy (non-hydrogen) atoms. The molecule has 0 spiro atoms. The van der Waals surface area contributed by atoms with E-state index < -0.39 is 0 Å². The van der Waals surface area contributed by atoms with Gasteiger partial charge in [-0.25, -0.2) is 0 Å². The highest BCUT2D eigenvalue weighted by atomic mass is 16.5. The van der Waals surface area contributed by atoms with Crippen molar-refractivity contribution in [2.75, 3.05) is 19.6 Å². The predicted molar refractivity (Wildman–Crippen MR) is 79.0 cm³/mol. The van der Waals surface area contributed by atoms with Crippen LogP contribution in [0.25, 0.3) is 0 Å². The summed E-state index contributed by atoms with van der Waals surface area (Å²) in [5.74, 6) is 1.77. The Balaban J connectivity index is 2.53. The van der Waals surface area contributed by atoms with E-state index in [2.05, 4.69) is 39.5 Å². The minimum Gasteiger partial charge on any atom is -0.461 e. The van der Waals surface area contributed by atoms with Gasteiger partial charge in [-0.2, -0.15) is 0 Å². The fraction of sp³-hybridized carbons (Fsp3) is 0.938. The molecular weight excluding hydrogens is 238 g/mol. The third-order valence-electron chi connectivity index (χ3n) is 4.49. The molecule has 0 saturated heterocycles. The minimum atomic E-state index is -0.0477. The number of carbonyl (C=O) groups excluding carboxylic acids is 1. The molecular formula is C16H31NO2. The Labute approximate surface area is 118 Å². The molecule has 0 aliphatic heterocycles. The van der Waals surface area contributed by atoms with Crippen LogP contribution in [-0.4, -0.2) is 36.6 Å². The summed E-state index contributed by atoms with van der Waals surface area (Å²) in [5.41, 5.74) is 0. The van der Waals surface area contributed by atoms with Gasteiger partial charge in [0, 0.05) is 0 Å². The van der Waals surface area contributed by atoms with Gasteiger partial charge in [-0.1, -0.05) is 41.0 Å². The first-order chi connectivity index (χ1) is 8.97. The van der Waals surface area contributed by atoms with Gasteiger partial charge in [0.25, 0.3) is 0 Å². The highest BCUT2D eigenvalue weighted by Gasteiger charge is 2.33. The fourth-order valence-electron chi connectivity index (χ4n) is 3.09. The van der Waals surface area contributed by atoms with Crippen molar-refractivity contribution in [3.05, 3.63) is 0 Å². The fourth-order valence-corrected chi connectivity index (χ4v) is 3.09. The molecule has 3 nitrogen and oxygen atoms in total. The van der Waals surface area contributed by atoms with Gasteiger partial charge in [-0.3, -0.25) is 9.69 Å². The largest absolute Gasteiger partial charge is 0.461 e. The predicted octanol–water partition coefficient (Wildman–Crippen LogP) is 3.33. The molecule has 1 rings (SSSR count). The lowest BCUT2D eigenvalue weighted by molar-refractivity contribution is -0.157. The van der Waals surface area contributed by atoms with Crippen molar-refractivity contribution in [3.63, 3.8) is 0 Å². The minimum absolute atomic E-state index is 0.0477. The Morgan fingerprint density at radius 1 is 1.26 bits per heavy atom. The Morgan fingerprint density at radius 3 is 2.42 bits per heavy atom. The van der Waals surface area contributed by atoms with E-state index in [4.69, 9.17) is 4.74 Å². The third kappa shape index (κ3) is 5.13. The van der Waals surface area contributed by atoms with Gasteiger partial charge in [-0.05, 0) is 43.7 Å². The molecule has 3 heteroatoms. The maximum atomic E-state index is 12.1. The van der Waals surface area contributed by atoms with Crippen LogP contribution in [0.1, 0.15) is 53.9 Å². The van der Waals surface area contributed by atoms with Crippen molar-refractivity contribution >= 4 is 5.97 Å². The van der Waals surface area contributed by atoms with Crippen molar-refractivity contribution in [1.82, 2.24) is 4.90 Å². The van der Waals surface area contributed by atoms with Crippen LogP contribution in [0.4, 0.5) is 0 Å². The molecule has 1 aliphatic rings. The summed E-state index contributed by atoms with van der Waals surface area (Å²) in [6.07, 6.45) is 3.63. The quantitative estimate of drug-likeness (QED) is 0.693. The second kappa shape index (κ2) is 7.88. The normalized spacial score (nSPS) is 27.8. The maximum absolute atomic E-state index is 12.1. The van der Waals surface area contributed by atoms with E-state index in [-0.39, 0.29) is 12.1 Å². The Morgan fingerprint density at radius 2 is 1.89 bits per heavy atom. The number of ether oxygens (including phenoxy) is 1. The lowest BCUT2D eigenvalue weighted by Crippen LogP contribution is -2.39. The summed E-state index contributed by atoms with van der Waals surface area (Å²) >= 11 is 0. The van der Waals surface area contributed by atoms with Gasteiger partial charge >= 0.3 is 5.97 Å². The molecule has 1 fully saturated rings. The number of carbonyl (C=O) groups is 1. The van der Waals surface area contributed by atoms with Crippen LogP contribution in [0.2, 0.25) is 0 Å². The molecule has 0 aromatic heterocycles. The SMILES string of the molecule is CCN(CC)CC(=O)O[C@@H]1C[C@@H](C)CC[C@@H]1C(C)C. The number of hydrogen-bond acceptors (Lipinski definition) is 3. The summed E-state index contributed by atoms with van der Waals surface area (Å²) in [7, 11) is 0. The van der Waals surface area contributed by atoms with E-state index in [0.29, 0.717) is 24.3 Å². The van der Waals surface area contributed by atoms with E-state index in [9.17, 15) is 4.79 Å². The molecule has 0 amide bonds. The smallest absolute Gasteiger partial charge is 0.320 e. The first-order valence-electron chi connectivity index (χ1n) is 7.89. The Hall–Kier alpha value is -0.570. The van der Waals surface area contributed by atoms with Crippen molar-refractivity contribution in [2.24, 2.45) is 17.8 Å². The first-order valence-corrected chi connectivity index (χ1v) is 7.89. The molecule has 0 heterocycles. The van der Waals surface area contributed by atoms with Gasteiger partial charge in [0.15, 0.2) is 0 Å². The van der Waals surface area contributed by atoms with Crippen molar-refractivity contribution in [2.45, 2.75) is 60.0 Å². The maximum Gasteiger partial charge on any atom is 0.320 e. The van der Waals surface area contributed by atoms with Crippen LogP contribution in [0, 0.1) is 17.8 Å².